The van der Waals surface area contributed by atoms with Gasteiger partial charge in [0, 0.05) is 42.7 Å². The lowest BCUT2D eigenvalue weighted by molar-refractivity contribution is -0.112. The summed E-state index contributed by atoms with van der Waals surface area (Å²) in [5.41, 5.74) is 5.03. The number of aliphatic hydroxyl groups is 1. The molecule has 38 heavy (non-hydrogen) atoms. The number of likely N-dealkylation sites (tertiary alicyclic amines) is 1. The smallest absolute Gasteiger partial charge is 0.255 e. The number of hydrogen-bond donors (Lipinski definition) is 3. The molecule has 2 aromatic carbocycles. The van der Waals surface area contributed by atoms with Crippen molar-refractivity contribution in [3.8, 4) is 11.1 Å². The lowest BCUT2D eigenvalue weighted by Gasteiger charge is -2.25. The summed E-state index contributed by atoms with van der Waals surface area (Å²) < 4.78 is 14.1. The third-order valence-electron chi connectivity index (χ3n) is 7.21. The van der Waals surface area contributed by atoms with Gasteiger partial charge in [0.05, 0.1) is 23.9 Å². The first-order valence-corrected chi connectivity index (χ1v) is 13.0. The van der Waals surface area contributed by atoms with Crippen molar-refractivity contribution in [1.29, 1.82) is 0 Å². The molecule has 1 aromatic heterocycles. The molecule has 1 atom stereocenters. The Morgan fingerprint density at radius 1 is 1.18 bits per heavy atom. The molecule has 0 radical (unpaired) electrons. The Hall–Kier alpha value is -3.75. The highest BCUT2D eigenvalue weighted by atomic mass is 19.1. The van der Waals surface area contributed by atoms with Gasteiger partial charge in [-0.1, -0.05) is 24.3 Å². The number of aromatic amines is 1. The fourth-order valence-electron chi connectivity index (χ4n) is 5.42. The number of halogens is 1. The number of Topliss-reactive ketones (excluding diaryl/α,β-unsaturated/α-hetero) is 1. The van der Waals surface area contributed by atoms with E-state index in [9.17, 15) is 19.1 Å². The minimum Gasteiger partial charge on any atom is -0.390 e. The molecule has 2 aliphatic heterocycles. The highest BCUT2D eigenvalue weighted by Gasteiger charge is 2.27. The van der Waals surface area contributed by atoms with Crippen LogP contribution < -0.4 is 5.32 Å². The average molecular weight is 517 g/mol. The van der Waals surface area contributed by atoms with Gasteiger partial charge in [0.25, 0.3) is 5.91 Å². The van der Waals surface area contributed by atoms with E-state index in [-0.39, 0.29) is 30.6 Å². The van der Waals surface area contributed by atoms with E-state index in [0.717, 1.165) is 42.9 Å². The van der Waals surface area contributed by atoms with E-state index in [2.05, 4.69) is 15.2 Å². The number of carbonyl (C=O) groups is 2. The number of nitrogens with zero attached hydrogens (tertiary/aromatic N) is 2. The standard InChI is InChI=1S/C30H33FN4O3/c1-19-13-24(30(38)34(2)17-22(36)18-35-11-3-4-12-35)27(33-19)15-25-28(37)16-32-26-10-6-9-23(29(25)26)20-7-5-8-21(31)14-20/h5-10,13-15,22,32-33,36H,3-4,11-12,16-18H2,1-2H3/b25-15+. The SMILES string of the molecule is Cc1cc(C(=O)N(C)CC(O)CN2CCCC2)c(/C=C2\C(=O)CNc3cccc(-c4cccc(F)c4)c32)[nH]1. The van der Waals surface area contributed by atoms with E-state index in [4.69, 9.17) is 0 Å². The molecule has 1 saturated heterocycles. The summed E-state index contributed by atoms with van der Waals surface area (Å²) in [4.78, 5) is 33.6. The largest absolute Gasteiger partial charge is 0.390 e. The molecule has 7 nitrogen and oxygen atoms in total. The summed E-state index contributed by atoms with van der Waals surface area (Å²) in [7, 11) is 1.68. The number of nitrogens with one attached hydrogen (secondary N) is 2. The first kappa shape index (κ1) is 25.9. The molecule has 1 unspecified atom stereocenters. The molecule has 5 rings (SSSR count). The van der Waals surface area contributed by atoms with Gasteiger partial charge in [-0.25, -0.2) is 4.39 Å². The zero-order chi connectivity index (χ0) is 26.8. The zero-order valence-corrected chi connectivity index (χ0v) is 21.8. The Labute approximate surface area is 222 Å². The van der Waals surface area contributed by atoms with Gasteiger partial charge >= 0.3 is 0 Å². The fraction of sp³-hybridized carbons (Fsp3) is 0.333. The van der Waals surface area contributed by atoms with E-state index in [0.29, 0.717) is 34.5 Å². The molecule has 0 aliphatic carbocycles. The van der Waals surface area contributed by atoms with Gasteiger partial charge in [-0.05, 0) is 74.3 Å². The van der Waals surface area contributed by atoms with Gasteiger partial charge in [-0.3, -0.25) is 9.59 Å². The maximum absolute atomic E-state index is 14.1. The highest BCUT2D eigenvalue weighted by molar-refractivity contribution is 6.31. The van der Waals surface area contributed by atoms with Crippen molar-refractivity contribution >= 4 is 29.0 Å². The molecule has 1 fully saturated rings. The summed E-state index contributed by atoms with van der Waals surface area (Å²) in [5.74, 6) is -0.716. The summed E-state index contributed by atoms with van der Waals surface area (Å²) in [5, 5.41) is 13.7. The fourth-order valence-corrected chi connectivity index (χ4v) is 5.42. The average Bonchev–Trinajstić information content (AvgIpc) is 3.53. The van der Waals surface area contributed by atoms with Crippen molar-refractivity contribution in [2.24, 2.45) is 0 Å². The minimum absolute atomic E-state index is 0.122. The van der Waals surface area contributed by atoms with Crippen molar-refractivity contribution in [2.45, 2.75) is 25.9 Å². The monoisotopic (exact) mass is 516 g/mol. The van der Waals surface area contributed by atoms with Crippen LogP contribution in [-0.2, 0) is 4.79 Å². The third kappa shape index (κ3) is 5.42. The molecule has 0 saturated carbocycles. The number of aromatic nitrogens is 1. The normalized spacial score (nSPS) is 17.4. The Kier molecular flexibility index (Phi) is 7.44. The molecule has 8 heteroatoms. The third-order valence-corrected chi connectivity index (χ3v) is 7.21. The number of fused-ring (bicyclic) bond motifs is 1. The first-order valence-electron chi connectivity index (χ1n) is 13.0. The van der Waals surface area contributed by atoms with E-state index < -0.39 is 6.10 Å². The van der Waals surface area contributed by atoms with Gasteiger partial charge < -0.3 is 25.2 Å². The number of rotatable bonds is 7. The lowest BCUT2D eigenvalue weighted by atomic mass is 9.87. The summed E-state index contributed by atoms with van der Waals surface area (Å²) in [6.45, 7) is 4.69. The van der Waals surface area contributed by atoms with Gasteiger partial charge in [-0.2, -0.15) is 0 Å². The molecule has 3 aromatic rings. The van der Waals surface area contributed by atoms with Crippen molar-refractivity contribution in [2.75, 3.05) is 45.1 Å². The number of H-pyrrole nitrogens is 1. The number of anilines is 1. The summed E-state index contributed by atoms with van der Waals surface area (Å²) >= 11 is 0. The number of amides is 1. The van der Waals surface area contributed by atoms with E-state index in [1.54, 1.807) is 25.3 Å². The van der Waals surface area contributed by atoms with Gasteiger partial charge in [0.15, 0.2) is 5.78 Å². The van der Waals surface area contributed by atoms with Crippen LogP contribution in [0.4, 0.5) is 10.1 Å². The van der Waals surface area contributed by atoms with Crippen LogP contribution in [0.25, 0.3) is 22.8 Å². The Morgan fingerprint density at radius 3 is 2.71 bits per heavy atom. The van der Waals surface area contributed by atoms with Gasteiger partial charge in [0.2, 0.25) is 0 Å². The lowest BCUT2D eigenvalue weighted by Crippen LogP contribution is -2.40. The predicted octanol–water partition coefficient (Wildman–Crippen LogP) is 4.19. The maximum Gasteiger partial charge on any atom is 0.255 e. The second-order valence-electron chi connectivity index (χ2n) is 10.2. The maximum atomic E-state index is 14.1. The topological polar surface area (TPSA) is 88.7 Å². The predicted molar refractivity (Wildman–Crippen MR) is 147 cm³/mol. The molecular formula is C30H33FN4O3. The number of hydrogen-bond acceptors (Lipinski definition) is 5. The van der Waals surface area contributed by atoms with Crippen LogP contribution in [0.15, 0.2) is 48.5 Å². The van der Waals surface area contributed by atoms with E-state index >= 15 is 0 Å². The van der Waals surface area contributed by atoms with Crippen molar-refractivity contribution in [3.05, 3.63) is 76.9 Å². The Balaban J connectivity index is 1.47. The van der Waals surface area contributed by atoms with Crippen molar-refractivity contribution in [3.63, 3.8) is 0 Å². The van der Waals surface area contributed by atoms with Crippen LogP contribution in [-0.4, -0.2) is 77.5 Å². The summed E-state index contributed by atoms with van der Waals surface area (Å²) in [6, 6.07) is 13.7. The second kappa shape index (κ2) is 10.9. The van der Waals surface area contributed by atoms with E-state index in [1.807, 2.05) is 31.2 Å². The second-order valence-corrected chi connectivity index (χ2v) is 10.2. The number of likely N-dealkylation sites (N-methyl/N-ethyl adjacent to an activating group) is 1. The van der Waals surface area contributed by atoms with Gasteiger partial charge in [0.1, 0.15) is 5.82 Å². The Morgan fingerprint density at radius 2 is 1.95 bits per heavy atom. The highest BCUT2D eigenvalue weighted by Crippen LogP contribution is 2.39. The van der Waals surface area contributed by atoms with Crippen molar-refractivity contribution < 1.29 is 19.1 Å². The molecule has 3 heterocycles. The molecule has 1 amide bonds. The molecular weight excluding hydrogens is 483 g/mol. The number of aliphatic hydroxyl groups excluding tert-OH is 1. The minimum atomic E-state index is -0.643. The summed E-state index contributed by atoms with van der Waals surface area (Å²) in [6.07, 6.45) is 3.36. The zero-order valence-electron chi connectivity index (χ0n) is 21.8. The van der Waals surface area contributed by atoms with Crippen LogP contribution in [0.5, 0.6) is 0 Å². The van der Waals surface area contributed by atoms with Crippen LogP contribution in [0, 0.1) is 12.7 Å². The van der Waals surface area contributed by atoms with Crippen LogP contribution in [0.1, 0.15) is 40.2 Å². The first-order chi connectivity index (χ1) is 18.3. The van der Waals surface area contributed by atoms with Gasteiger partial charge in [-0.15, -0.1) is 0 Å². The number of β-amino-alcohol motifs (C(OH)–C–C–N with tert-alkyl or cyclic N) is 1. The van der Waals surface area contributed by atoms with Crippen LogP contribution in [0.2, 0.25) is 0 Å². The number of ketones is 1. The molecule has 0 bridgehead atoms. The molecule has 198 valence electrons. The van der Waals surface area contributed by atoms with Crippen LogP contribution in [0.3, 0.4) is 0 Å². The van der Waals surface area contributed by atoms with Crippen LogP contribution >= 0.6 is 0 Å². The Bertz CT molecular complexity index is 1390. The number of benzene rings is 2. The van der Waals surface area contributed by atoms with Crippen molar-refractivity contribution in [1.82, 2.24) is 14.8 Å². The van der Waals surface area contributed by atoms with E-state index in [1.165, 1.54) is 17.0 Å². The quantitative estimate of drug-likeness (QED) is 0.410. The number of aryl methyl sites for hydroxylation is 1. The molecule has 3 N–H and O–H groups in total. The number of carbonyl (C=O) groups excluding carboxylic acids is 2. The molecule has 0 spiro atoms. The molecule has 2 aliphatic rings.